The van der Waals surface area contributed by atoms with Crippen molar-refractivity contribution in [2.45, 2.75) is 70.1 Å². The van der Waals surface area contributed by atoms with E-state index < -0.39 is 0 Å². The largest absolute Gasteiger partial charge is 0.361 e. The van der Waals surface area contributed by atoms with Gasteiger partial charge in [-0.05, 0) is 74.4 Å². The van der Waals surface area contributed by atoms with Crippen LogP contribution in [0.4, 0.5) is 17.6 Å². The van der Waals surface area contributed by atoms with Gasteiger partial charge in [0.05, 0.1) is 0 Å². The second-order valence-electron chi connectivity index (χ2n) is 11.0. The van der Waals surface area contributed by atoms with E-state index in [1.165, 1.54) is 50.5 Å². The highest BCUT2D eigenvalue weighted by atomic mass is 35.5. The predicted molar refractivity (Wildman–Crippen MR) is 155 cm³/mol. The number of hydrogen-bond donors (Lipinski definition) is 2. The van der Waals surface area contributed by atoms with E-state index in [0.29, 0.717) is 17.0 Å². The Balaban J connectivity index is 1.31. The van der Waals surface area contributed by atoms with Gasteiger partial charge in [-0.3, -0.25) is 0 Å². The Morgan fingerprint density at radius 2 is 1.64 bits per heavy atom. The van der Waals surface area contributed by atoms with Gasteiger partial charge >= 0.3 is 0 Å². The third-order valence-electron chi connectivity index (χ3n) is 8.19. The van der Waals surface area contributed by atoms with Crippen LogP contribution in [0.15, 0.2) is 30.3 Å². The average Bonchev–Trinajstić information content (AvgIpc) is 3.44. The molecule has 1 unspecified atom stereocenters. The summed E-state index contributed by atoms with van der Waals surface area (Å²) in [5.74, 6) is 3.29. The molecule has 3 heterocycles. The zero-order valence-electron chi connectivity index (χ0n) is 21.4. The molecule has 1 saturated carbocycles. The van der Waals surface area contributed by atoms with E-state index in [4.69, 9.17) is 33.8 Å². The van der Waals surface area contributed by atoms with Crippen LogP contribution in [0.5, 0.6) is 0 Å². The third kappa shape index (κ3) is 6.05. The number of halogens is 1. The van der Waals surface area contributed by atoms with Crippen molar-refractivity contribution in [1.29, 1.82) is 0 Å². The molecule has 2 aliphatic heterocycles. The molecule has 194 valence electrons. The maximum atomic E-state index is 6.18. The maximum absolute atomic E-state index is 6.18. The SMILES string of the molecule is CC1CCCN(c2cc(N3CCCC3)nc(NC(=S)NCC3(c4ccc(Cl)cc4)CCCCC3)n2)C1. The van der Waals surface area contributed by atoms with E-state index in [1.54, 1.807) is 0 Å². The minimum atomic E-state index is 0.0714. The summed E-state index contributed by atoms with van der Waals surface area (Å²) in [5, 5.41) is 8.24. The number of nitrogens with zero attached hydrogens (tertiary/aromatic N) is 4. The molecular weight excluding hydrogens is 488 g/mol. The van der Waals surface area contributed by atoms with E-state index in [9.17, 15) is 0 Å². The van der Waals surface area contributed by atoms with Gasteiger partial charge in [-0.25, -0.2) is 0 Å². The molecule has 36 heavy (non-hydrogen) atoms. The quantitative estimate of drug-likeness (QED) is 0.437. The Morgan fingerprint density at radius 1 is 0.972 bits per heavy atom. The van der Waals surface area contributed by atoms with E-state index in [2.05, 4.69) is 45.6 Å². The highest BCUT2D eigenvalue weighted by molar-refractivity contribution is 7.80. The Hall–Kier alpha value is -2.12. The van der Waals surface area contributed by atoms with Gasteiger partial charge in [0, 0.05) is 49.2 Å². The zero-order valence-corrected chi connectivity index (χ0v) is 23.0. The molecule has 5 rings (SSSR count). The monoisotopic (exact) mass is 526 g/mol. The van der Waals surface area contributed by atoms with Gasteiger partial charge < -0.3 is 20.4 Å². The molecule has 1 aromatic carbocycles. The van der Waals surface area contributed by atoms with Gasteiger partial charge in [-0.2, -0.15) is 9.97 Å². The number of thiocarbonyl (C=S) groups is 1. The summed E-state index contributed by atoms with van der Waals surface area (Å²) in [5.41, 5.74) is 1.41. The standard InChI is InChI=1S/C28H39ClN6S/c1-21-8-7-17-35(19-21)25-18-24(34-15-5-6-16-34)31-26(32-25)33-27(36)30-20-28(13-3-2-4-14-28)22-9-11-23(29)12-10-22/h9-12,18,21H,2-8,13-17,19-20H2,1H3,(H2,30,31,32,33,36). The molecule has 0 radical (unpaired) electrons. The maximum Gasteiger partial charge on any atom is 0.232 e. The van der Waals surface area contributed by atoms with E-state index in [1.807, 2.05) is 12.1 Å². The Bertz CT molecular complexity index is 1030. The molecule has 0 spiro atoms. The molecule has 3 fully saturated rings. The lowest BCUT2D eigenvalue weighted by Crippen LogP contribution is -2.43. The number of hydrogen-bond acceptors (Lipinski definition) is 5. The van der Waals surface area contributed by atoms with Crippen molar-refractivity contribution in [2.75, 3.05) is 47.8 Å². The summed E-state index contributed by atoms with van der Waals surface area (Å²) < 4.78 is 0. The molecule has 1 aromatic heterocycles. The van der Waals surface area contributed by atoms with Crippen LogP contribution in [0.2, 0.25) is 5.02 Å². The zero-order chi connectivity index (χ0) is 25.0. The van der Waals surface area contributed by atoms with E-state index in [0.717, 1.165) is 62.2 Å². The van der Waals surface area contributed by atoms with Crippen molar-refractivity contribution in [3.63, 3.8) is 0 Å². The van der Waals surface area contributed by atoms with Gasteiger partial charge in [0.1, 0.15) is 11.6 Å². The molecule has 0 bridgehead atoms. The van der Waals surface area contributed by atoms with Crippen LogP contribution >= 0.6 is 23.8 Å². The lowest BCUT2D eigenvalue weighted by molar-refractivity contribution is 0.292. The van der Waals surface area contributed by atoms with Crippen LogP contribution in [-0.2, 0) is 5.41 Å². The van der Waals surface area contributed by atoms with Gasteiger partial charge in [0.2, 0.25) is 5.95 Å². The van der Waals surface area contributed by atoms with Crippen LogP contribution in [-0.4, -0.2) is 47.8 Å². The number of benzene rings is 1. The third-order valence-corrected chi connectivity index (χ3v) is 8.69. The Kier molecular flexibility index (Phi) is 8.16. The molecule has 8 heteroatoms. The molecule has 1 atom stereocenters. The molecule has 2 N–H and O–H groups in total. The van der Waals surface area contributed by atoms with Crippen LogP contribution in [0.25, 0.3) is 0 Å². The molecule has 2 saturated heterocycles. The lowest BCUT2D eigenvalue weighted by Gasteiger charge is -2.38. The van der Waals surface area contributed by atoms with E-state index >= 15 is 0 Å². The van der Waals surface area contributed by atoms with Crippen molar-refractivity contribution in [3.8, 4) is 0 Å². The van der Waals surface area contributed by atoms with Crippen molar-refractivity contribution >= 4 is 46.5 Å². The normalized spacial score (nSPS) is 21.9. The van der Waals surface area contributed by atoms with Gasteiger partial charge in [0.15, 0.2) is 5.11 Å². The van der Waals surface area contributed by atoms with E-state index in [-0.39, 0.29) is 5.41 Å². The highest BCUT2D eigenvalue weighted by Crippen LogP contribution is 2.39. The number of rotatable bonds is 6. The van der Waals surface area contributed by atoms with Gasteiger partial charge in [-0.15, -0.1) is 0 Å². The summed E-state index contributed by atoms with van der Waals surface area (Å²) in [6.45, 7) is 7.32. The summed E-state index contributed by atoms with van der Waals surface area (Å²) in [6, 6.07) is 10.5. The number of nitrogens with one attached hydrogen (secondary N) is 2. The predicted octanol–water partition coefficient (Wildman–Crippen LogP) is 6.16. The molecule has 0 amide bonds. The summed E-state index contributed by atoms with van der Waals surface area (Å²) in [7, 11) is 0. The molecule has 6 nitrogen and oxygen atoms in total. The molecule has 2 aromatic rings. The van der Waals surface area contributed by atoms with Gasteiger partial charge in [-0.1, -0.05) is 49.9 Å². The second kappa shape index (κ2) is 11.5. The van der Waals surface area contributed by atoms with Crippen LogP contribution in [0.1, 0.15) is 70.3 Å². The van der Waals surface area contributed by atoms with Crippen molar-refractivity contribution in [1.82, 2.24) is 15.3 Å². The van der Waals surface area contributed by atoms with Crippen molar-refractivity contribution in [3.05, 3.63) is 40.9 Å². The number of piperidine rings is 1. The number of anilines is 3. The van der Waals surface area contributed by atoms with Crippen LogP contribution in [0, 0.1) is 5.92 Å². The Morgan fingerprint density at radius 3 is 2.33 bits per heavy atom. The second-order valence-corrected chi connectivity index (χ2v) is 11.8. The first kappa shape index (κ1) is 25.5. The smallest absolute Gasteiger partial charge is 0.232 e. The minimum Gasteiger partial charge on any atom is -0.361 e. The summed E-state index contributed by atoms with van der Waals surface area (Å²) in [6.07, 6.45) is 11.0. The van der Waals surface area contributed by atoms with Crippen molar-refractivity contribution in [2.24, 2.45) is 5.92 Å². The van der Waals surface area contributed by atoms with Crippen LogP contribution in [0.3, 0.4) is 0 Å². The Labute approximate surface area is 226 Å². The molecular formula is C28H39ClN6S. The molecule has 3 aliphatic rings. The lowest BCUT2D eigenvalue weighted by atomic mass is 9.69. The average molecular weight is 527 g/mol. The fourth-order valence-corrected chi connectivity index (χ4v) is 6.43. The minimum absolute atomic E-state index is 0.0714. The first-order valence-electron chi connectivity index (χ1n) is 13.7. The number of aromatic nitrogens is 2. The summed E-state index contributed by atoms with van der Waals surface area (Å²) in [4.78, 5) is 14.6. The topological polar surface area (TPSA) is 56.3 Å². The fourth-order valence-electron chi connectivity index (χ4n) is 6.14. The molecule has 1 aliphatic carbocycles. The first-order chi connectivity index (χ1) is 17.5. The fraction of sp³-hybridized carbons (Fsp3) is 0.607. The van der Waals surface area contributed by atoms with Gasteiger partial charge in [0.25, 0.3) is 0 Å². The first-order valence-corrected chi connectivity index (χ1v) is 14.5. The highest BCUT2D eigenvalue weighted by Gasteiger charge is 2.34. The van der Waals surface area contributed by atoms with Crippen molar-refractivity contribution < 1.29 is 0 Å². The van der Waals surface area contributed by atoms with Crippen LogP contribution < -0.4 is 20.4 Å². The summed E-state index contributed by atoms with van der Waals surface area (Å²) >= 11 is 12.0.